The van der Waals surface area contributed by atoms with Crippen LogP contribution < -0.4 is 19.3 Å². The molecule has 0 fully saturated rings. The third-order valence-corrected chi connectivity index (χ3v) is 17.5. The minimum absolute atomic E-state index is 0.721. The van der Waals surface area contributed by atoms with Gasteiger partial charge in [-0.15, -0.1) is 0 Å². The molecule has 0 N–H and O–H groups in total. The summed E-state index contributed by atoms with van der Waals surface area (Å²) in [7, 11) is 0. The van der Waals surface area contributed by atoms with Gasteiger partial charge in [-0.3, -0.25) is 0 Å². The Morgan fingerprint density at radius 3 is 0.934 bits per heavy atom. The normalized spacial score (nSPS) is 14.8. The zero-order valence-corrected chi connectivity index (χ0v) is 43.3. The molecule has 2 spiro atoms. The molecule has 12 aromatic carbocycles. The molecule has 4 heteroatoms. The minimum atomic E-state index is -0.721. The molecule has 0 saturated carbocycles. The number of hydrogen-bond acceptors (Lipinski definition) is 4. The van der Waals surface area contributed by atoms with Crippen molar-refractivity contribution in [1.82, 2.24) is 0 Å². The number of aryl methyl sites for hydroxylation is 6. The summed E-state index contributed by atoms with van der Waals surface area (Å²) in [5.41, 5.74) is 22.6. The van der Waals surface area contributed by atoms with E-state index in [1.807, 2.05) is 0 Å². The van der Waals surface area contributed by atoms with Gasteiger partial charge in [0.2, 0.25) is 0 Å². The fourth-order valence-electron chi connectivity index (χ4n) is 15.1. The average molecular weight is 977 g/mol. The van der Waals surface area contributed by atoms with E-state index in [0.29, 0.717) is 0 Å². The summed E-state index contributed by atoms with van der Waals surface area (Å²) in [5.74, 6) is 3.51. The van der Waals surface area contributed by atoms with Gasteiger partial charge in [-0.2, -0.15) is 0 Å². The van der Waals surface area contributed by atoms with Gasteiger partial charge in [0.25, 0.3) is 0 Å². The Hall–Kier alpha value is -9.12. The van der Waals surface area contributed by atoms with Gasteiger partial charge in [-0.25, -0.2) is 0 Å². The lowest BCUT2D eigenvalue weighted by Crippen LogP contribution is -2.40. The highest BCUT2D eigenvalue weighted by atomic mass is 16.5. The lowest BCUT2D eigenvalue weighted by Gasteiger charge is -2.50. The van der Waals surface area contributed by atoms with Crippen LogP contribution in [0.15, 0.2) is 206 Å². The molecule has 362 valence electrons. The van der Waals surface area contributed by atoms with Crippen LogP contribution in [0.25, 0.3) is 32.3 Å². The largest absolute Gasteiger partial charge is 0.457 e. The first-order valence-electron chi connectivity index (χ1n) is 26.7. The Balaban J connectivity index is 1.11. The Labute approximate surface area is 443 Å². The van der Waals surface area contributed by atoms with E-state index in [-0.39, 0.29) is 0 Å². The molecule has 0 atom stereocenters. The molecule has 76 heavy (non-hydrogen) atoms. The molecule has 4 heterocycles. The van der Waals surface area contributed by atoms with Crippen LogP contribution in [0.3, 0.4) is 0 Å². The van der Waals surface area contributed by atoms with E-state index in [4.69, 9.17) is 9.47 Å². The molecule has 12 aromatic rings. The summed E-state index contributed by atoms with van der Waals surface area (Å²) in [6.45, 7) is 13.6. The molecule has 0 unspecified atom stereocenters. The molecular formula is C72H52N2O2. The molecule has 4 nitrogen and oxygen atoms in total. The monoisotopic (exact) mass is 976 g/mol. The maximum atomic E-state index is 6.91. The van der Waals surface area contributed by atoms with Crippen LogP contribution in [0.2, 0.25) is 0 Å². The molecule has 0 saturated heterocycles. The smallest absolute Gasteiger partial charge is 0.132 e. The van der Waals surface area contributed by atoms with Crippen LogP contribution >= 0.6 is 0 Å². The lowest BCUT2D eigenvalue weighted by atomic mass is 9.60. The van der Waals surface area contributed by atoms with E-state index < -0.39 is 10.8 Å². The van der Waals surface area contributed by atoms with Crippen molar-refractivity contribution >= 4 is 66.4 Å². The standard InChI is InChI=1S/C72H52N2O2/c1-41-35-43(3)67(44(4)36-41)73-59-25-13-7-19-51(59)71(53-21-9-15-27-61(53)75-62-28-16-10-22-54(62)71)57-39-47-32-34-50-66-48(31-33-49(65(47)66)69(57)73)40-58-70(50)74(68-45(5)37-42(2)38-46(68)6)60-26-14-8-20-52(60)72(58)55-23-11-17-29-63(55)76-64-30-18-12-24-56(64)72/h7-40H,1-6H3. The quantitative estimate of drug-likeness (QED) is 0.161. The minimum Gasteiger partial charge on any atom is -0.457 e. The highest BCUT2D eigenvalue weighted by molar-refractivity contribution is 6.30. The number of rotatable bonds is 2. The van der Waals surface area contributed by atoms with Crippen LogP contribution in [-0.4, -0.2) is 0 Å². The number of para-hydroxylation sites is 6. The third-order valence-electron chi connectivity index (χ3n) is 17.5. The van der Waals surface area contributed by atoms with Crippen molar-refractivity contribution in [2.24, 2.45) is 0 Å². The second-order valence-electron chi connectivity index (χ2n) is 21.9. The molecule has 16 rings (SSSR count). The van der Waals surface area contributed by atoms with Crippen LogP contribution in [0.1, 0.15) is 77.9 Å². The number of benzene rings is 12. The molecular weight excluding hydrogens is 925 g/mol. The summed E-state index contributed by atoms with van der Waals surface area (Å²) in [4.78, 5) is 5.24. The van der Waals surface area contributed by atoms with Crippen molar-refractivity contribution in [1.29, 1.82) is 0 Å². The zero-order chi connectivity index (χ0) is 50.9. The first-order valence-corrected chi connectivity index (χ1v) is 26.7. The van der Waals surface area contributed by atoms with Gasteiger partial charge >= 0.3 is 0 Å². The van der Waals surface area contributed by atoms with Crippen LogP contribution in [0, 0.1) is 41.5 Å². The van der Waals surface area contributed by atoms with Crippen molar-refractivity contribution in [3.63, 3.8) is 0 Å². The van der Waals surface area contributed by atoms with Crippen molar-refractivity contribution in [2.75, 3.05) is 9.80 Å². The summed E-state index contributed by atoms with van der Waals surface area (Å²) in [6, 6.07) is 77.4. The van der Waals surface area contributed by atoms with E-state index in [1.165, 1.54) is 111 Å². The number of fused-ring (bicyclic) bond motifs is 18. The summed E-state index contributed by atoms with van der Waals surface area (Å²) in [5, 5.41) is 7.33. The van der Waals surface area contributed by atoms with Gasteiger partial charge in [0.05, 0.1) is 45.0 Å². The van der Waals surface area contributed by atoms with E-state index in [1.54, 1.807) is 0 Å². The second kappa shape index (κ2) is 15.2. The summed E-state index contributed by atoms with van der Waals surface area (Å²) in [6.07, 6.45) is 0. The lowest BCUT2D eigenvalue weighted by molar-refractivity contribution is 0.434. The summed E-state index contributed by atoms with van der Waals surface area (Å²) >= 11 is 0. The van der Waals surface area contributed by atoms with Crippen LogP contribution in [0.5, 0.6) is 23.0 Å². The Morgan fingerprint density at radius 1 is 0.289 bits per heavy atom. The molecule has 0 aliphatic carbocycles. The van der Waals surface area contributed by atoms with Gasteiger partial charge in [0, 0.05) is 33.0 Å². The number of anilines is 6. The topological polar surface area (TPSA) is 24.9 Å². The first-order chi connectivity index (χ1) is 37.2. The zero-order valence-electron chi connectivity index (χ0n) is 43.3. The Kier molecular flexibility index (Phi) is 8.68. The molecule has 0 radical (unpaired) electrons. The van der Waals surface area contributed by atoms with E-state index in [9.17, 15) is 0 Å². The predicted octanol–water partition coefficient (Wildman–Crippen LogP) is 19.0. The Morgan fingerprint density at radius 2 is 0.592 bits per heavy atom. The van der Waals surface area contributed by atoms with Crippen molar-refractivity contribution in [3.8, 4) is 23.0 Å². The van der Waals surface area contributed by atoms with Gasteiger partial charge in [0.15, 0.2) is 0 Å². The van der Waals surface area contributed by atoms with E-state index in [2.05, 4.69) is 258 Å². The highest BCUT2D eigenvalue weighted by Crippen LogP contribution is 2.68. The second-order valence-corrected chi connectivity index (χ2v) is 21.9. The predicted molar refractivity (Wildman–Crippen MR) is 312 cm³/mol. The van der Waals surface area contributed by atoms with Gasteiger partial charge in [-0.1, -0.05) is 169 Å². The van der Waals surface area contributed by atoms with Gasteiger partial charge < -0.3 is 19.3 Å². The fourth-order valence-corrected chi connectivity index (χ4v) is 15.1. The van der Waals surface area contributed by atoms with Crippen molar-refractivity contribution in [3.05, 3.63) is 284 Å². The van der Waals surface area contributed by atoms with Crippen LogP contribution in [-0.2, 0) is 10.8 Å². The third kappa shape index (κ3) is 5.33. The van der Waals surface area contributed by atoms with Gasteiger partial charge in [0.1, 0.15) is 23.0 Å². The van der Waals surface area contributed by atoms with Crippen molar-refractivity contribution < 1.29 is 9.47 Å². The maximum absolute atomic E-state index is 6.91. The van der Waals surface area contributed by atoms with Crippen molar-refractivity contribution in [2.45, 2.75) is 52.4 Å². The maximum Gasteiger partial charge on any atom is 0.132 e. The van der Waals surface area contributed by atoms with Gasteiger partial charge in [-0.05, 0) is 156 Å². The molecule has 4 aliphatic heterocycles. The molecule has 0 amide bonds. The van der Waals surface area contributed by atoms with E-state index >= 15 is 0 Å². The average Bonchev–Trinajstić information content (AvgIpc) is 3.49. The van der Waals surface area contributed by atoms with E-state index in [0.717, 1.165) is 56.6 Å². The first kappa shape index (κ1) is 43.3. The number of hydrogen-bond donors (Lipinski definition) is 0. The van der Waals surface area contributed by atoms with Crippen LogP contribution in [0.4, 0.5) is 34.1 Å². The number of nitrogens with zero attached hydrogens (tertiary/aromatic N) is 2. The highest BCUT2D eigenvalue weighted by Gasteiger charge is 2.54. The summed E-state index contributed by atoms with van der Waals surface area (Å²) < 4.78 is 13.8. The molecule has 0 bridgehead atoms. The SMILES string of the molecule is Cc1cc(C)c(N2c3ccccc3C3(c4ccccc4Oc4ccccc43)c3cc4ccc5c6c(cc7ccc(c32)c4c75)C2(c3ccccc3Oc3ccccc32)c2ccccc2N6c2c(C)cc(C)cc2C)c(C)c1. The number of ether oxygens (including phenoxy) is 2. The fraction of sp³-hybridized carbons (Fsp3) is 0.111. The Bertz CT molecular complexity index is 4100. The molecule has 4 aliphatic rings. The molecule has 0 aromatic heterocycles.